The number of carboxylic acid groups (broad SMARTS) is 1. The van der Waals surface area contributed by atoms with Gasteiger partial charge in [-0.3, -0.25) is 4.48 Å². The van der Waals surface area contributed by atoms with Crippen LogP contribution in [0.1, 0.15) is 33.3 Å². The SMILES string of the molecule is Cc1cc(Br)ccc1S(=O)(=O)N1CC[N+](C(=O)[O-])(C(C)(C)C)C[C@@H]1C. The maximum Gasteiger partial charge on any atom is 0.257 e. The van der Waals surface area contributed by atoms with Gasteiger partial charge in [0.25, 0.3) is 6.09 Å². The summed E-state index contributed by atoms with van der Waals surface area (Å²) in [5.41, 5.74) is 0.0832. The quantitative estimate of drug-likeness (QED) is 0.670. The summed E-state index contributed by atoms with van der Waals surface area (Å²) in [5, 5.41) is 11.9. The number of amides is 1. The highest BCUT2D eigenvalue weighted by Crippen LogP contribution is 2.33. The van der Waals surface area contributed by atoms with Gasteiger partial charge in [-0.1, -0.05) is 15.9 Å². The van der Waals surface area contributed by atoms with Gasteiger partial charge in [-0.2, -0.15) is 4.31 Å². The van der Waals surface area contributed by atoms with E-state index in [1.165, 1.54) is 4.31 Å². The standard InChI is InChI=1S/C17H25BrN2O4S/c1-12-10-14(18)6-7-15(12)25(23,24)19-8-9-20(16(21)22,11-13(19)2)17(3,4)5/h6-7,10,13H,8-9,11H2,1-5H3/t13-,20?/m0/s1. The number of carbonyl (C=O) groups is 1. The normalized spacial score (nSPS) is 25.8. The third kappa shape index (κ3) is 3.49. The number of benzene rings is 1. The van der Waals surface area contributed by atoms with Gasteiger partial charge in [-0.15, -0.1) is 0 Å². The Morgan fingerprint density at radius 1 is 1.36 bits per heavy atom. The smallest absolute Gasteiger partial charge is 0.257 e. The Bertz CT molecular complexity index is 788. The van der Waals surface area contributed by atoms with Crippen LogP contribution >= 0.6 is 15.9 Å². The van der Waals surface area contributed by atoms with Crippen LogP contribution < -0.4 is 5.11 Å². The molecule has 1 saturated heterocycles. The van der Waals surface area contributed by atoms with E-state index in [-0.39, 0.29) is 29.0 Å². The van der Waals surface area contributed by atoms with E-state index in [1.54, 1.807) is 32.0 Å². The highest BCUT2D eigenvalue weighted by atomic mass is 79.9. The Morgan fingerprint density at radius 3 is 2.40 bits per heavy atom. The Morgan fingerprint density at radius 2 is 1.96 bits per heavy atom. The fraction of sp³-hybridized carbons (Fsp3) is 0.588. The lowest BCUT2D eigenvalue weighted by atomic mass is 9.98. The van der Waals surface area contributed by atoms with Gasteiger partial charge in [0.15, 0.2) is 0 Å². The first-order valence-electron chi connectivity index (χ1n) is 8.19. The van der Waals surface area contributed by atoms with Crippen LogP contribution in [-0.2, 0) is 10.0 Å². The van der Waals surface area contributed by atoms with Crippen LogP contribution in [0.5, 0.6) is 0 Å². The van der Waals surface area contributed by atoms with Crippen molar-refractivity contribution in [1.29, 1.82) is 0 Å². The highest BCUT2D eigenvalue weighted by Gasteiger charge is 2.50. The van der Waals surface area contributed by atoms with E-state index in [1.807, 2.05) is 20.8 Å². The number of rotatable bonds is 2. The molecular formula is C17H25BrN2O4S. The number of piperazine rings is 1. The summed E-state index contributed by atoms with van der Waals surface area (Å²) < 4.78 is 28.2. The number of carbonyl (C=O) groups excluding carboxylic acids is 1. The van der Waals surface area contributed by atoms with Crippen LogP contribution in [0.3, 0.4) is 0 Å². The third-order valence-corrected chi connectivity index (χ3v) is 7.79. The maximum atomic E-state index is 13.1. The Labute approximate surface area is 158 Å². The number of hydrogen-bond donors (Lipinski definition) is 0. The summed E-state index contributed by atoms with van der Waals surface area (Å²) in [5.74, 6) is 0. The molecule has 0 N–H and O–H groups in total. The molecule has 1 aliphatic rings. The first-order valence-corrected chi connectivity index (χ1v) is 10.4. The van der Waals surface area contributed by atoms with Gasteiger partial charge >= 0.3 is 0 Å². The van der Waals surface area contributed by atoms with Crippen molar-refractivity contribution in [3.05, 3.63) is 28.2 Å². The van der Waals surface area contributed by atoms with Gasteiger partial charge in [-0.05, 0) is 58.4 Å². The van der Waals surface area contributed by atoms with Crippen LogP contribution in [0.15, 0.2) is 27.6 Å². The average Bonchev–Trinajstić information content (AvgIpc) is 2.44. The number of halogens is 1. The molecule has 0 radical (unpaired) electrons. The summed E-state index contributed by atoms with van der Waals surface area (Å²) in [4.78, 5) is 12.1. The predicted molar refractivity (Wildman–Crippen MR) is 97.4 cm³/mol. The zero-order valence-electron chi connectivity index (χ0n) is 15.2. The molecule has 1 aromatic carbocycles. The molecule has 0 saturated carbocycles. The molecule has 1 amide bonds. The fourth-order valence-corrected chi connectivity index (χ4v) is 5.85. The molecule has 140 valence electrons. The second-order valence-electron chi connectivity index (χ2n) is 7.69. The largest absolute Gasteiger partial charge is 0.498 e. The Hall–Kier alpha value is -0.960. The summed E-state index contributed by atoms with van der Waals surface area (Å²) in [6.07, 6.45) is -1.16. The lowest BCUT2D eigenvalue weighted by Gasteiger charge is -2.53. The molecule has 0 aliphatic carbocycles. The maximum absolute atomic E-state index is 13.1. The number of aryl methyl sites for hydroxylation is 1. The molecule has 1 aliphatic heterocycles. The van der Waals surface area contributed by atoms with Crippen molar-refractivity contribution < 1.29 is 22.8 Å². The lowest BCUT2D eigenvalue weighted by Crippen LogP contribution is -2.75. The van der Waals surface area contributed by atoms with E-state index >= 15 is 0 Å². The van der Waals surface area contributed by atoms with Crippen LogP contribution in [0.25, 0.3) is 0 Å². The molecule has 0 bridgehead atoms. The molecule has 0 spiro atoms. The summed E-state index contributed by atoms with van der Waals surface area (Å²) >= 11 is 3.34. The van der Waals surface area contributed by atoms with E-state index in [0.717, 1.165) is 4.47 Å². The zero-order chi connectivity index (χ0) is 19.2. The van der Waals surface area contributed by atoms with E-state index < -0.39 is 27.7 Å². The summed E-state index contributed by atoms with van der Waals surface area (Å²) in [7, 11) is -3.69. The second-order valence-corrected chi connectivity index (χ2v) is 10.5. The van der Waals surface area contributed by atoms with E-state index in [9.17, 15) is 18.3 Å². The molecular weight excluding hydrogens is 408 g/mol. The Balaban J connectivity index is 2.39. The minimum absolute atomic E-state index is 0.143. The number of sulfonamides is 1. The van der Waals surface area contributed by atoms with Gasteiger partial charge < -0.3 is 9.90 Å². The van der Waals surface area contributed by atoms with Gasteiger partial charge in [0.1, 0.15) is 6.54 Å². The minimum Gasteiger partial charge on any atom is -0.498 e. The second kappa shape index (κ2) is 6.64. The molecule has 25 heavy (non-hydrogen) atoms. The van der Waals surface area contributed by atoms with Crippen molar-refractivity contribution in [2.45, 2.75) is 51.1 Å². The lowest BCUT2D eigenvalue weighted by molar-refractivity contribution is -0.925. The first kappa shape index (κ1) is 20.4. The van der Waals surface area contributed by atoms with Gasteiger partial charge in [0.05, 0.1) is 29.6 Å². The minimum atomic E-state index is -3.69. The van der Waals surface area contributed by atoms with Crippen LogP contribution in [0.4, 0.5) is 4.79 Å². The monoisotopic (exact) mass is 432 g/mol. The third-order valence-electron chi connectivity index (χ3n) is 5.13. The Kier molecular flexibility index (Phi) is 5.41. The van der Waals surface area contributed by atoms with Crippen molar-refractivity contribution in [3.63, 3.8) is 0 Å². The van der Waals surface area contributed by atoms with E-state index in [2.05, 4.69) is 15.9 Å². The molecule has 1 heterocycles. The molecule has 1 unspecified atom stereocenters. The van der Waals surface area contributed by atoms with Crippen molar-refractivity contribution in [1.82, 2.24) is 4.31 Å². The molecule has 1 fully saturated rings. The number of hydrogen-bond acceptors (Lipinski definition) is 4. The number of quaternary nitrogens is 1. The van der Waals surface area contributed by atoms with E-state index in [0.29, 0.717) is 5.56 Å². The molecule has 6 nitrogen and oxygen atoms in total. The number of nitrogens with zero attached hydrogens (tertiary/aromatic N) is 2. The topological polar surface area (TPSA) is 77.5 Å². The zero-order valence-corrected chi connectivity index (χ0v) is 17.6. The first-order chi connectivity index (χ1) is 11.3. The van der Waals surface area contributed by atoms with Crippen molar-refractivity contribution in [2.75, 3.05) is 19.6 Å². The molecule has 1 aromatic rings. The predicted octanol–water partition coefficient (Wildman–Crippen LogP) is 2.11. The molecule has 0 aromatic heterocycles. The van der Waals surface area contributed by atoms with Crippen LogP contribution in [-0.4, -0.2) is 54.5 Å². The summed E-state index contributed by atoms with van der Waals surface area (Å²) in [6.45, 7) is 9.56. The average molecular weight is 433 g/mol. The van der Waals surface area contributed by atoms with Gasteiger partial charge in [-0.25, -0.2) is 8.42 Å². The van der Waals surface area contributed by atoms with Gasteiger partial charge in [0, 0.05) is 4.47 Å². The van der Waals surface area contributed by atoms with Crippen LogP contribution in [0, 0.1) is 6.92 Å². The fourth-order valence-electron chi connectivity index (χ4n) is 3.56. The molecule has 8 heteroatoms. The van der Waals surface area contributed by atoms with Crippen molar-refractivity contribution in [3.8, 4) is 0 Å². The molecule has 2 rings (SSSR count). The van der Waals surface area contributed by atoms with Gasteiger partial charge in [0.2, 0.25) is 10.0 Å². The van der Waals surface area contributed by atoms with Crippen LogP contribution in [0.2, 0.25) is 0 Å². The van der Waals surface area contributed by atoms with E-state index in [4.69, 9.17) is 0 Å². The molecule has 2 atom stereocenters. The van der Waals surface area contributed by atoms with Crippen molar-refractivity contribution in [2.24, 2.45) is 0 Å². The summed E-state index contributed by atoms with van der Waals surface area (Å²) in [6, 6.07) is 4.60. The van der Waals surface area contributed by atoms with Crippen molar-refractivity contribution >= 4 is 32.0 Å². The highest BCUT2D eigenvalue weighted by molar-refractivity contribution is 9.10.